The molecule has 2 N–H and O–H groups in total. The molecule has 1 aromatic carbocycles. The maximum absolute atomic E-state index is 12.0. The number of carboxylic acids is 1. The van der Waals surface area contributed by atoms with Gasteiger partial charge in [0.25, 0.3) is 5.91 Å². The fourth-order valence-electron chi connectivity index (χ4n) is 2.19. The fraction of sp³-hybridized carbons (Fsp3) is 0.353. The van der Waals surface area contributed by atoms with Crippen molar-refractivity contribution in [1.29, 1.82) is 0 Å². The third kappa shape index (κ3) is 4.84. The van der Waals surface area contributed by atoms with Crippen molar-refractivity contribution in [3.8, 4) is 5.75 Å². The lowest BCUT2D eigenvalue weighted by atomic mass is 9.86. The average Bonchev–Trinajstić information content (AvgIpc) is 2.90. The van der Waals surface area contributed by atoms with Crippen LogP contribution in [0.1, 0.15) is 26.3 Å². The molecule has 0 unspecified atom stereocenters. The largest absolute Gasteiger partial charge is 0.483 e. The molecule has 0 bridgehead atoms. The van der Waals surface area contributed by atoms with E-state index in [1.165, 1.54) is 16.9 Å². The number of hydrogen-bond donors (Lipinski definition) is 2. The summed E-state index contributed by atoms with van der Waals surface area (Å²) >= 11 is 0. The van der Waals surface area contributed by atoms with Crippen LogP contribution in [0, 0.1) is 0 Å². The van der Waals surface area contributed by atoms with Gasteiger partial charge in [0.2, 0.25) is 0 Å². The summed E-state index contributed by atoms with van der Waals surface area (Å²) in [5.41, 5.74) is 0.923. The molecule has 0 saturated heterocycles. The Morgan fingerprint density at radius 2 is 1.96 bits per heavy atom. The van der Waals surface area contributed by atoms with Crippen LogP contribution >= 0.6 is 0 Å². The number of carbonyl (C=O) groups is 2. The Labute approximate surface area is 140 Å². The molecule has 7 nitrogen and oxygen atoms in total. The molecule has 1 aromatic heterocycles. The number of nitrogens with zero attached hydrogens (tertiary/aromatic N) is 2. The van der Waals surface area contributed by atoms with Crippen molar-refractivity contribution in [3.63, 3.8) is 0 Å². The Kier molecular flexibility index (Phi) is 5.23. The minimum atomic E-state index is -1.00. The molecule has 0 aliphatic rings. The number of hydrogen-bond acceptors (Lipinski definition) is 4. The predicted octanol–water partition coefficient (Wildman–Crippen LogP) is 2.28. The highest BCUT2D eigenvalue weighted by molar-refractivity contribution is 5.90. The van der Waals surface area contributed by atoms with E-state index < -0.39 is 5.97 Å². The minimum Gasteiger partial charge on any atom is -0.483 e. The molecule has 0 aliphatic heterocycles. The molecule has 128 valence electrons. The third-order valence-corrected chi connectivity index (χ3v) is 3.26. The van der Waals surface area contributed by atoms with Gasteiger partial charge in [0.15, 0.2) is 12.4 Å². The predicted molar refractivity (Wildman–Crippen MR) is 89.1 cm³/mol. The zero-order valence-electron chi connectivity index (χ0n) is 13.9. The Morgan fingerprint density at radius 3 is 2.62 bits per heavy atom. The van der Waals surface area contributed by atoms with E-state index >= 15 is 0 Å². The van der Waals surface area contributed by atoms with Gasteiger partial charge in [-0.3, -0.25) is 14.3 Å². The van der Waals surface area contributed by atoms with Crippen LogP contribution in [0.5, 0.6) is 5.75 Å². The monoisotopic (exact) mass is 331 g/mol. The number of para-hydroxylation sites is 1. The van der Waals surface area contributed by atoms with Gasteiger partial charge in [-0.15, -0.1) is 0 Å². The van der Waals surface area contributed by atoms with E-state index in [9.17, 15) is 9.59 Å². The number of carboxylic acid groups (broad SMARTS) is 1. The number of rotatable bonds is 6. The summed E-state index contributed by atoms with van der Waals surface area (Å²) in [6, 6.07) is 9.12. The normalized spacial score (nSPS) is 11.1. The van der Waals surface area contributed by atoms with E-state index in [1.807, 2.05) is 24.3 Å². The molecule has 2 rings (SSSR count). The minimum absolute atomic E-state index is 0.0946. The van der Waals surface area contributed by atoms with Crippen molar-refractivity contribution in [2.75, 3.05) is 11.9 Å². The maximum Gasteiger partial charge on any atom is 0.325 e. The van der Waals surface area contributed by atoms with Crippen molar-refractivity contribution >= 4 is 17.7 Å². The second-order valence-corrected chi connectivity index (χ2v) is 6.38. The maximum atomic E-state index is 12.0. The molecule has 24 heavy (non-hydrogen) atoms. The second kappa shape index (κ2) is 7.16. The summed E-state index contributed by atoms with van der Waals surface area (Å²) in [5.74, 6) is -0.414. The molecule has 0 radical (unpaired) electrons. The van der Waals surface area contributed by atoms with E-state index in [1.54, 1.807) is 0 Å². The number of aromatic nitrogens is 2. The Bertz CT molecular complexity index is 731. The smallest absolute Gasteiger partial charge is 0.325 e. The molecule has 0 spiro atoms. The van der Waals surface area contributed by atoms with Gasteiger partial charge in [-0.1, -0.05) is 39.0 Å². The number of aliphatic carboxylic acids is 1. The van der Waals surface area contributed by atoms with Gasteiger partial charge in [0.1, 0.15) is 12.3 Å². The first kappa shape index (κ1) is 17.5. The van der Waals surface area contributed by atoms with E-state index in [4.69, 9.17) is 9.84 Å². The quantitative estimate of drug-likeness (QED) is 0.847. The van der Waals surface area contributed by atoms with Crippen LogP contribution in [0.25, 0.3) is 0 Å². The van der Waals surface area contributed by atoms with Gasteiger partial charge < -0.3 is 15.2 Å². The van der Waals surface area contributed by atoms with Gasteiger partial charge >= 0.3 is 5.97 Å². The molecule has 0 fully saturated rings. The van der Waals surface area contributed by atoms with Crippen molar-refractivity contribution < 1.29 is 19.4 Å². The topological polar surface area (TPSA) is 93.5 Å². The van der Waals surface area contributed by atoms with Crippen LogP contribution in [0.3, 0.4) is 0 Å². The number of anilines is 1. The van der Waals surface area contributed by atoms with Crippen LogP contribution < -0.4 is 10.1 Å². The molecule has 1 amide bonds. The highest BCUT2D eigenvalue weighted by Gasteiger charge is 2.19. The lowest BCUT2D eigenvalue weighted by Gasteiger charge is -2.22. The third-order valence-electron chi connectivity index (χ3n) is 3.26. The van der Waals surface area contributed by atoms with Crippen LogP contribution in [-0.4, -0.2) is 33.4 Å². The number of amides is 1. The molecule has 7 heteroatoms. The zero-order valence-corrected chi connectivity index (χ0v) is 13.9. The Balaban J connectivity index is 1.94. The SMILES string of the molecule is CC(C)(C)c1ccccc1OCC(=O)Nc1ccn(CC(=O)O)n1. The van der Waals surface area contributed by atoms with Crippen molar-refractivity contribution in [3.05, 3.63) is 42.1 Å². The lowest BCUT2D eigenvalue weighted by Crippen LogP contribution is -2.22. The lowest BCUT2D eigenvalue weighted by molar-refractivity contribution is -0.137. The molecular formula is C17H21N3O4. The van der Waals surface area contributed by atoms with E-state index in [2.05, 4.69) is 31.2 Å². The van der Waals surface area contributed by atoms with Gasteiger partial charge in [-0.05, 0) is 17.0 Å². The van der Waals surface area contributed by atoms with Crippen LogP contribution in [0.4, 0.5) is 5.82 Å². The highest BCUT2D eigenvalue weighted by Crippen LogP contribution is 2.30. The molecule has 1 heterocycles. The fourth-order valence-corrected chi connectivity index (χ4v) is 2.19. The summed E-state index contributed by atoms with van der Waals surface area (Å²) in [6.07, 6.45) is 1.49. The summed E-state index contributed by atoms with van der Waals surface area (Å²) in [5, 5.41) is 15.2. The second-order valence-electron chi connectivity index (χ2n) is 6.38. The molecular weight excluding hydrogens is 310 g/mol. The van der Waals surface area contributed by atoms with Crippen molar-refractivity contribution in [2.24, 2.45) is 0 Å². The molecule has 2 aromatic rings. The summed E-state index contributed by atoms with van der Waals surface area (Å²) < 4.78 is 6.86. The number of ether oxygens (including phenoxy) is 1. The van der Waals surface area contributed by atoms with E-state index in [-0.39, 0.29) is 30.3 Å². The summed E-state index contributed by atoms with van der Waals surface area (Å²) in [6.45, 7) is 5.81. The van der Waals surface area contributed by atoms with Gasteiger partial charge in [0.05, 0.1) is 0 Å². The van der Waals surface area contributed by atoms with Gasteiger partial charge in [0, 0.05) is 12.3 Å². The summed E-state index contributed by atoms with van der Waals surface area (Å²) in [7, 11) is 0. The first-order valence-electron chi connectivity index (χ1n) is 7.53. The first-order chi connectivity index (χ1) is 11.3. The van der Waals surface area contributed by atoms with E-state index in [0.717, 1.165) is 5.56 Å². The van der Waals surface area contributed by atoms with Crippen LogP contribution in [0.2, 0.25) is 0 Å². The van der Waals surface area contributed by atoms with E-state index in [0.29, 0.717) is 5.75 Å². The number of benzene rings is 1. The van der Waals surface area contributed by atoms with Gasteiger partial charge in [-0.2, -0.15) is 5.10 Å². The molecule has 0 atom stereocenters. The molecule has 0 saturated carbocycles. The highest BCUT2D eigenvalue weighted by atomic mass is 16.5. The van der Waals surface area contributed by atoms with Crippen LogP contribution in [0.15, 0.2) is 36.5 Å². The number of carbonyl (C=O) groups excluding carboxylic acids is 1. The number of nitrogens with one attached hydrogen (secondary N) is 1. The van der Waals surface area contributed by atoms with Crippen molar-refractivity contribution in [2.45, 2.75) is 32.7 Å². The molecule has 0 aliphatic carbocycles. The first-order valence-corrected chi connectivity index (χ1v) is 7.53. The Hall–Kier alpha value is -2.83. The Morgan fingerprint density at radius 1 is 1.25 bits per heavy atom. The van der Waals surface area contributed by atoms with Crippen LogP contribution in [-0.2, 0) is 21.5 Å². The summed E-state index contributed by atoms with van der Waals surface area (Å²) in [4.78, 5) is 22.6. The zero-order chi connectivity index (χ0) is 17.7. The van der Waals surface area contributed by atoms with Gasteiger partial charge in [-0.25, -0.2) is 0 Å². The standard InChI is InChI=1S/C17H21N3O4/c1-17(2,3)12-6-4-5-7-13(12)24-11-15(21)18-14-8-9-20(19-14)10-16(22)23/h4-9H,10-11H2,1-3H3,(H,22,23)(H,18,19,21). The average molecular weight is 331 g/mol. The van der Waals surface area contributed by atoms with Crippen molar-refractivity contribution in [1.82, 2.24) is 9.78 Å².